The van der Waals surface area contributed by atoms with Gasteiger partial charge in [-0.15, -0.1) is 0 Å². The van der Waals surface area contributed by atoms with E-state index < -0.39 is 0 Å². The molecule has 1 aliphatic heterocycles. The molecule has 1 fully saturated rings. The predicted octanol–water partition coefficient (Wildman–Crippen LogP) is 1.51. The maximum atomic E-state index is 5.72. The number of piperidine rings is 1. The average molecular weight is 249 g/mol. The Labute approximate surface area is 109 Å². The topological polar surface area (TPSA) is 67.1 Å². The Morgan fingerprint density at radius 1 is 1.39 bits per heavy atom. The van der Waals surface area contributed by atoms with E-state index in [0.717, 1.165) is 12.4 Å². The summed E-state index contributed by atoms with van der Waals surface area (Å²) in [5.41, 5.74) is 6.07. The molecule has 0 atom stereocenters. The zero-order chi connectivity index (χ0) is 13.2. The fourth-order valence-corrected chi connectivity index (χ4v) is 2.32. The number of likely N-dealkylation sites (tertiary alicyclic amines) is 1. The van der Waals surface area contributed by atoms with Crippen LogP contribution in [0.1, 0.15) is 25.6 Å². The lowest BCUT2D eigenvalue weighted by Crippen LogP contribution is -2.40. The fraction of sp³-hybridized carbons (Fsp3) is 0.692. The second-order valence-electron chi connectivity index (χ2n) is 5.69. The number of nitrogen functional groups attached to an aromatic ring is 1. The first-order valence-electron chi connectivity index (χ1n) is 6.50. The molecule has 2 rings (SSSR count). The summed E-state index contributed by atoms with van der Waals surface area (Å²) in [4.78, 5) is 10.8. The molecule has 1 aliphatic rings. The zero-order valence-electron chi connectivity index (χ0n) is 11.5. The van der Waals surface area contributed by atoms with Gasteiger partial charge in [-0.05, 0) is 45.3 Å². The highest BCUT2D eigenvalue weighted by atomic mass is 15.1. The highest BCUT2D eigenvalue weighted by Crippen LogP contribution is 2.30. The van der Waals surface area contributed by atoms with Crippen LogP contribution in [0.4, 0.5) is 11.6 Å². The van der Waals surface area contributed by atoms with Gasteiger partial charge in [-0.1, -0.05) is 6.92 Å². The van der Waals surface area contributed by atoms with Crippen LogP contribution >= 0.6 is 0 Å². The molecule has 5 nitrogen and oxygen atoms in total. The maximum Gasteiger partial charge on any atom is 0.131 e. The van der Waals surface area contributed by atoms with Gasteiger partial charge in [0, 0.05) is 12.6 Å². The molecule has 5 heteroatoms. The van der Waals surface area contributed by atoms with Gasteiger partial charge in [-0.3, -0.25) is 0 Å². The molecule has 0 radical (unpaired) electrons. The van der Waals surface area contributed by atoms with Crippen molar-refractivity contribution in [2.75, 3.05) is 37.7 Å². The van der Waals surface area contributed by atoms with Crippen LogP contribution in [0, 0.1) is 12.3 Å². The van der Waals surface area contributed by atoms with Gasteiger partial charge >= 0.3 is 0 Å². The molecule has 1 aromatic rings. The molecule has 0 bridgehead atoms. The van der Waals surface area contributed by atoms with Crippen LogP contribution in [-0.4, -0.2) is 41.5 Å². The Kier molecular flexibility index (Phi) is 3.71. The van der Waals surface area contributed by atoms with Gasteiger partial charge in [0.05, 0.1) is 0 Å². The number of rotatable bonds is 3. The van der Waals surface area contributed by atoms with Crippen molar-refractivity contribution in [2.24, 2.45) is 5.41 Å². The number of nitrogens with two attached hydrogens (primary N) is 1. The Balaban J connectivity index is 1.94. The van der Waals surface area contributed by atoms with Crippen molar-refractivity contribution in [3.05, 3.63) is 11.9 Å². The van der Waals surface area contributed by atoms with E-state index in [1.165, 1.54) is 25.9 Å². The summed E-state index contributed by atoms with van der Waals surface area (Å²) in [5.74, 6) is 2.07. The van der Waals surface area contributed by atoms with Crippen molar-refractivity contribution in [1.29, 1.82) is 0 Å². The normalized spacial score (nSPS) is 19.7. The molecule has 1 aromatic heterocycles. The first-order valence-corrected chi connectivity index (χ1v) is 6.50. The smallest absolute Gasteiger partial charge is 0.131 e. The van der Waals surface area contributed by atoms with E-state index in [4.69, 9.17) is 5.73 Å². The third-order valence-corrected chi connectivity index (χ3v) is 3.75. The second kappa shape index (κ2) is 5.10. The Morgan fingerprint density at radius 3 is 2.67 bits per heavy atom. The fourth-order valence-electron chi connectivity index (χ4n) is 2.32. The highest BCUT2D eigenvalue weighted by molar-refractivity contribution is 5.44. The first kappa shape index (κ1) is 13.1. The van der Waals surface area contributed by atoms with E-state index in [1.807, 2.05) is 6.92 Å². The van der Waals surface area contributed by atoms with Crippen molar-refractivity contribution in [1.82, 2.24) is 14.9 Å². The number of hydrogen-bond donors (Lipinski definition) is 2. The molecular weight excluding hydrogens is 226 g/mol. The lowest BCUT2D eigenvalue weighted by atomic mass is 9.80. The summed E-state index contributed by atoms with van der Waals surface area (Å²) in [7, 11) is 2.18. The third-order valence-electron chi connectivity index (χ3n) is 3.75. The SMILES string of the molecule is Cc1nc(N)cc(NCC2(C)CCN(C)CC2)n1. The van der Waals surface area contributed by atoms with E-state index >= 15 is 0 Å². The summed E-state index contributed by atoms with van der Waals surface area (Å²) in [5, 5.41) is 3.40. The minimum absolute atomic E-state index is 0.347. The lowest BCUT2D eigenvalue weighted by molar-refractivity contribution is 0.150. The molecule has 0 amide bonds. The number of aromatic nitrogens is 2. The van der Waals surface area contributed by atoms with Gasteiger partial charge in [0.2, 0.25) is 0 Å². The maximum absolute atomic E-state index is 5.72. The van der Waals surface area contributed by atoms with Crippen molar-refractivity contribution < 1.29 is 0 Å². The second-order valence-corrected chi connectivity index (χ2v) is 5.69. The largest absolute Gasteiger partial charge is 0.384 e. The summed E-state index contributed by atoms with van der Waals surface area (Å²) >= 11 is 0. The molecule has 18 heavy (non-hydrogen) atoms. The Morgan fingerprint density at radius 2 is 2.06 bits per heavy atom. The summed E-state index contributed by atoms with van der Waals surface area (Å²) in [6, 6.07) is 1.80. The van der Waals surface area contributed by atoms with Crippen molar-refractivity contribution >= 4 is 11.6 Å². The van der Waals surface area contributed by atoms with Crippen LogP contribution in [0.5, 0.6) is 0 Å². The number of anilines is 2. The predicted molar refractivity (Wildman–Crippen MR) is 74.5 cm³/mol. The third kappa shape index (κ3) is 3.32. The minimum atomic E-state index is 0.347. The average Bonchev–Trinajstić information content (AvgIpc) is 2.30. The number of aryl methyl sites for hydroxylation is 1. The molecule has 0 spiro atoms. The molecule has 0 aromatic carbocycles. The van der Waals surface area contributed by atoms with Gasteiger partial charge in [0.15, 0.2) is 0 Å². The van der Waals surface area contributed by atoms with Gasteiger partial charge in [0.1, 0.15) is 17.5 Å². The molecule has 0 unspecified atom stereocenters. The molecule has 100 valence electrons. The van der Waals surface area contributed by atoms with E-state index in [9.17, 15) is 0 Å². The molecular formula is C13H23N5. The molecule has 3 N–H and O–H groups in total. The number of nitrogens with zero attached hydrogens (tertiary/aromatic N) is 3. The lowest BCUT2D eigenvalue weighted by Gasteiger charge is -2.38. The van der Waals surface area contributed by atoms with E-state index in [1.54, 1.807) is 6.07 Å². The molecule has 2 heterocycles. The van der Waals surface area contributed by atoms with Crippen molar-refractivity contribution in [2.45, 2.75) is 26.7 Å². The molecule has 1 saturated heterocycles. The zero-order valence-corrected chi connectivity index (χ0v) is 11.5. The number of nitrogens with one attached hydrogen (secondary N) is 1. The summed E-state index contributed by atoms with van der Waals surface area (Å²) < 4.78 is 0. The van der Waals surface area contributed by atoms with Gasteiger partial charge in [0.25, 0.3) is 0 Å². The highest BCUT2D eigenvalue weighted by Gasteiger charge is 2.28. The first-order chi connectivity index (χ1) is 8.47. The van der Waals surface area contributed by atoms with E-state index in [0.29, 0.717) is 17.1 Å². The van der Waals surface area contributed by atoms with Crippen LogP contribution in [0.25, 0.3) is 0 Å². The van der Waals surface area contributed by atoms with E-state index in [-0.39, 0.29) is 0 Å². The molecule has 0 aliphatic carbocycles. The van der Waals surface area contributed by atoms with Crippen LogP contribution < -0.4 is 11.1 Å². The van der Waals surface area contributed by atoms with Crippen LogP contribution in [0.15, 0.2) is 6.07 Å². The van der Waals surface area contributed by atoms with Gasteiger partial charge in [-0.25, -0.2) is 9.97 Å². The Hall–Kier alpha value is -1.36. The van der Waals surface area contributed by atoms with Crippen molar-refractivity contribution in [3.63, 3.8) is 0 Å². The monoisotopic (exact) mass is 249 g/mol. The standard InChI is InChI=1S/C13H23N5/c1-10-16-11(14)8-12(17-10)15-9-13(2)4-6-18(3)7-5-13/h8H,4-7,9H2,1-3H3,(H3,14,15,16,17). The van der Waals surface area contributed by atoms with Crippen molar-refractivity contribution in [3.8, 4) is 0 Å². The van der Waals surface area contributed by atoms with Gasteiger partial charge in [-0.2, -0.15) is 0 Å². The van der Waals surface area contributed by atoms with Gasteiger partial charge < -0.3 is 16.0 Å². The number of hydrogen-bond acceptors (Lipinski definition) is 5. The quantitative estimate of drug-likeness (QED) is 0.850. The van der Waals surface area contributed by atoms with Crippen LogP contribution in [0.3, 0.4) is 0 Å². The minimum Gasteiger partial charge on any atom is -0.384 e. The summed E-state index contributed by atoms with van der Waals surface area (Å²) in [6.07, 6.45) is 2.44. The Bertz CT molecular complexity index is 390. The van der Waals surface area contributed by atoms with Crippen LogP contribution in [-0.2, 0) is 0 Å². The van der Waals surface area contributed by atoms with Crippen LogP contribution in [0.2, 0.25) is 0 Å². The molecule has 0 saturated carbocycles. The van der Waals surface area contributed by atoms with E-state index in [2.05, 4.69) is 34.2 Å². The summed E-state index contributed by atoms with van der Waals surface area (Å²) in [6.45, 7) is 7.48.